The molecule has 1 nitrogen and oxygen atoms in total. The van der Waals surface area contributed by atoms with Crippen LogP contribution < -0.4 is 5.32 Å². The number of hydrogen-bond donors (Lipinski definition) is 1. The largest absolute Gasteiger partial charge is 0.379 e. The van der Waals surface area contributed by atoms with E-state index in [1.807, 2.05) is 0 Å². The van der Waals surface area contributed by atoms with E-state index < -0.39 is 11.6 Å². The predicted molar refractivity (Wildman–Crippen MR) is 84.8 cm³/mol. The first-order chi connectivity index (χ1) is 9.77. The van der Waals surface area contributed by atoms with Gasteiger partial charge in [-0.3, -0.25) is 0 Å². The normalized spacial score (nSPS) is 23.7. The minimum atomic E-state index is -0.642. The van der Waals surface area contributed by atoms with Crippen LogP contribution in [0.4, 0.5) is 14.5 Å². The quantitative estimate of drug-likeness (QED) is 0.657. The van der Waals surface area contributed by atoms with Crippen LogP contribution in [0, 0.1) is 23.0 Å². The first kappa shape index (κ1) is 16.5. The van der Waals surface area contributed by atoms with Crippen molar-refractivity contribution in [2.24, 2.45) is 11.3 Å². The summed E-state index contributed by atoms with van der Waals surface area (Å²) < 4.78 is 26.9. The van der Waals surface area contributed by atoms with Crippen LogP contribution in [0.25, 0.3) is 0 Å². The van der Waals surface area contributed by atoms with E-state index in [4.69, 9.17) is 11.6 Å². The minimum absolute atomic E-state index is 0.115. The Kier molecular flexibility index (Phi) is 5.13. The number of rotatable bonds is 2. The van der Waals surface area contributed by atoms with E-state index in [0.717, 1.165) is 37.8 Å². The summed E-state index contributed by atoms with van der Waals surface area (Å²) >= 11 is 5.95. The Balaban J connectivity index is 2.05. The van der Waals surface area contributed by atoms with Crippen molar-refractivity contribution in [3.05, 3.63) is 28.8 Å². The molecule has 0 amide bonds. The second-order valence-corrected chi connectivity index (χ2v) is 7.56. The van der Waals surface area contributed by atoms with Gasteiger partial charge < -0.3 is 5.32 Å². The van der Waals surface area contributed by atoms with Gasteiger partial charge in [-0.05, 0) is 43.1 Å². The maximum atomic E-state index is 13.8. The van der Waals surface area contributed by atoms with Crippen LogP contribution in [0.5, 0.6) is 0 Å². The Morgan fingerprint density at radius 1 is 1.10 bits per heavy atom. The highest BCUT2D eigenvalue weighted by atomic mass is 35.5. The Bertz CT molecular complexity index is 473. The standard InChI is InChI=1S/C17H24ClF2N/c1-17(2,3)11-5-4-6-13(8-7-11)21-16-14(18)9-12(19)10-15(16)20/h9-11,13,21H,4-8H2,1-3H3. The molecule has 2 unspecified atom stereocenters. The summed E-state index contributed by atoms with van der Waals surface area (Å²) in [6, 6.07) is 2.24. The highest BCUT2D eigenvalue weighted by Crippen LogP contribution is 2.38. The zero-order valence-corrected chi connectivity index (χ0v) is 13.7. The van der Waals surface area contributed by atoms with Crippen molar-refractivity contribution in [1.29, 1.82) is 0 Å². The maximum absolute atomic E-state index is 13.8. The van der Waals surface area contributed by atoms with Crippen molar-refractivity contribution in [3.63, 3.8) is 0 Å². The molecule has 0 aromatic heterocycles. The molecule has 1 aliphatic carbocycles. The second-order valence-electron chi connectivity index (χ2n) is 7.16. The van der Waals surface area contributed by atoms with E-state index >= 15 is 0 Å². The molecule has 1 N–H and O–H groups in total. The van der Waals surface area contributed by atoms with Crippen LogP contribution in [0.1, 0.15) is 52.9 Å². The van der Waals surface area contributed by atoms with Gasteiger partial charge in [0.15, 0.2) is 5.82 Å². The molecular weight excluding hydrogens is 292 g/mol. The highest BCUT2D eigenvalue weighted by molar-refractivity contribution is 6.33. The van der Waals surface area contributed by atoms with Crippen molar-refractivity contribution >= 4 is 17.3 Å². The van der Waals surface area contributed by atoms with E-state index in [9.17, 15) is 8.78 Å². The van der Waals surface area contributed by atoms with Gasteiger partial charge in [0.25, 0.3) is 0 Å². The van der Waals surface area contributed by atoms with Crippen LogP contribution in [-0.4, -0.2) is 6.04 Å². The predicted octanol–water partition coefficient (Wildman–Crippen LogP) is 6.03. The molecule has 1 saturated carbocycles. The molecular formula is C17H24ClF2N. The fraction of sp³-hybridized carbons (Fsp3) is 0.647. The lowest BCUT2D eigenvalue weighted by Crippen LogP contribution is -2.22. The molecule has 2 atom stereocenters. The lowest BCUT2D eigenvalue weighted by molar-refractivity contribution is 0.214. The minimum Gasteiger partial charge on any atom is -0.379 e. The molecule has 118 valence electrons. The van der Waals surface area contributed by atoms with Gasteiger partial charge in [0.1, 0.15) is 5.82 Å². The second kappa shape index (κ2) is 6.51. The van der Waals surface area contributed by atoms with E-state index in [1.165, 1.54) is 6.42 Å². The lowest BCUT2D eigenvalue weighted by Gasteiger charge is -2.29. The van der Waals surface area contributed by atoms with Gasteiger partial charge in [0, 0.05) is 12.1 Å². The van der Waals surface area contributed by atoms with Gasteiger partial charge in [-0.2, -0.15) is 0 Å². The van der Waals surface area contributed by atoms with E-state index in [2.05, 4.69) is 26.1 Å². The van der Waals surface area contributed by atoms with Gasteiger partial charge in [-0.15, -0.1) is 0 Å². The molecule has 1 aromatic rings. The Morgan fingerprint density at radius 3 is 2.43 bits per heavy atom. The Hall–Kier alpha value is -0.830. The first-order valence-electron chi connectivity index (χ1n) is 7.68. The zero-order chi connectivity index (χ0) is 15.6. The summed E-state index contributed by atoms with van der Waals surface area (Å²) in [7, 11) is 0. The number of anilines is 1. The summed E-state index contributed by atoms with van der Waals surface area (Å²) in [5, 5.41) is 3.30. The van der Waals surface area contributed by atoms with Crippen molar-refractivity contribution in [1.82, 2.24) is 0 Å². The fourth-order valence-corrected chi connectivity index (χ4v) is 3.45. The van der Waals surface area contributed by atoms with Gasteiger partial charge >= 0.3 is 0 Å². The maximum Gasteiger partial charge on any atom is 0.150 e. The molecule has 0 radical (unpaired) electrons. The SMILES string of the molecule is CC(C)(C)C1CCCC(Nc2c(F)cc(F)cc2Cl)CC1. The van der Waals surface area contributed by atoms with Crippen LogP contribution in [0.3, 0.4) is 0 Å². The molecule has 0 saturated heterocycles. The molecule has 21 heavy (non-hydrogen) atoms. The van der Waals surface area contributed by atoms with Crippen molar-refractivity contribution in [2.45, 2.75) is 58.9 Å². The zero-order valence-electron chi connectivity index (χ0n) is 13.0. The average molecular weight is 316 g/mol. The number of benzene rings is 1. The van der Waals surface area contributed by atoms with E-state index in [0.29, 0.717) is 11.3 Å². The number of halogens is 3. The molecule has 1 aliphatic rings. The smallest absolute Gasteiger partial charge is 0.150 e. The summed E-state index contributed by atoms with van der Waals surface area (Å²) in [4.78, 5) is 0. The van der Waals surface area contributed by atoms with Crippen molar-refractivity contribution < 1.29 is 8.78 Å². The molecule has 0 bridgehead atoms. The highest BCUT2D eigenvalue weighted by Gasteiger charge is 2.28. The molecule has 0 aliphatic heterocycles. The molecule has 1 aromatic carbocycles. The first-order valence-corrected chi connectivity index (χ1v) is 8.06. The Morgan fingerprint density at radius 2 is 1.81 bits per heavy atom. The average Bonchev–Trinajstić information content (AvgIpc) is 2.58. The van der Waals surface area contributed by atoms with Gasteiger partial charge in [-0.25, -0.2) is 8.78 Å². The summed E-state index contributed by atoms with van der Waals surface area (Å²) in [6.07, 6.45) is 5.46. The topological polar surface area (TPSA) is 12.0 Å². The monoisotopic (exact) mass is 315 g/mol. The van der Waals surface area contributed by atoms with Crippen LogP contribution in [0.15, 0.2) is 12.1 Å². The molecule has 0 heterocycles. The molecule has 1 fully saturated rings. The van der Waals surface area contributed by atoms with Crippen LogP contribution >= 0.6 is 11.6 Å². The summed E-state index contributed by atoms with van der Waals surface area (Å²) in [5.41, 5.74) is 0.547. The van der Waals surface area contributed by atoms with E-state index in [1.54, 1.807) is 0 Å². The van der Waals surface area contributed by atoms with E-state index in [-0.39, 0.29) is 16.8 Å². The van der Waals surface area contributed by atoms with Gasteiger partial charge in [-0.1, -0.05) is 38.8 Å². The third-order valence-corrected chi connectivity index (χ3v) is 4.85. The Labute approximate surface area is 131 Å². The number of hydrogen-bond acceptors (Lipinski definition) is 1. The van der Waals surface area contributed by atoms with Crippen molar-refractivity contribution in [3.8, 4) is 0 Å². The van der Waals surface area contributed by atoms with Gasteiger partial charge in [0.2, 0.25) is 0 Å². The molecule has 0 spiro atoms. The molecule has 4 heteroatoms. The number of nitrogens with one attached hydrogen (secondary N) is 1. The summed E-state index contributed by atoms with van der Waals surface area (Å²) in [6.45, 7) is 6.84. The third kappa shape index (κ3) is 4.32. The van der Waals surface area contributed by atoms with Gasteiger partial charge in [0.05, 0.1) is 10.7 Å². The lowest BCUT2D eigenvalue weighted by atomic mass is 9.76. The third-order valence-electron chi connectivity index (χ3n) is 4.55. The summed E-state index contributed by atoms with van der Waals surface area (Å²) in [5.74, 6) is -0.564. The fourth-order valence-electron chi connectivity index (χ4n) is 3.20. The molecule has 2 rings (SSSR count). The van der Waals surface area contributed by atoms with Crippen LogP contribution in [0.2, 0.25) is 5.02 Å². The van der Waals surface area contributed by atoms with Crippen molar-refractivity contribution in [2.75, 3.05) is 5.32 Å². The van der Waals surface area contributed by atoms with Crippen LogP contribution in [-0.2, 0) is 0 Å².